The molecule has 17 heavy (non-hydrogen) atoms. The van der Waals surface area contributed by atoms with E-state index in [1.165, 1.54) is 6.33 Å². The second-order valence-corrected chi connectivity index (χ2v) is 3.79. The fourth-order valence-corrected chi connectivity index (χ4v) is 1.70. The fourth-order valence-electron chi connectivity index (χ4n) is 1.70. The van der Waals surface area contributed by atoms with E-state index >= 15 is 0 Å². The molecule has 0 aliphatic carbocycles. The van der Waals surface area contributed by atoms with Crippen molar-refractivity contribution in [1.82, 2.24) is 15.0 Å². The van der Waals surface area contributed by atoms with Crippen LogP contribution in [0.1, 0.15) is 19.8 Å². The van der Waals surface area contributed by atoms with Gasteiger partial charge in [-0.1, -0.05) is 13.3 Å². The van der Waals surface area contributed by atoms with Gasteiger partial charge < -0.3 is 15.4 Å². The third-order valence-corrected chi connectivity index (χ3v) is 2.54. The Hall–Kier alpha value is -2.11. The first-order valence-corrected chi connectivity index (χ1v) is 5.49. The Morgan fingerprint density at radius 2 is 2.41 bits per heavy atom. The molecule has 0 spiro atoms. The highest BCUT2D eigenvalue weighted by Gasteiger charge is 2.17. The molecular formula is C11H14N4O2. The van der Waals surface area contributed by atoms with Crippen molar-refractivity contribution in [3.63, 3.8) is 0 Å². The number of aliphatic carboxylic acids is 1. The van der Waals surface area contributed by atoms with Crippen LogP contribution in [0.4, 0.5) is 5.82 Å². The van der Waals surface area contributed by atoms with Gasteiger partial charge in [0.2, 0.25) is 0 Å². The van der Waals surface area contributed by atoms with Crippen LogP contribution in [0.25, 0.3) is 11.0 Å². The maximum absolute atomic E-state index is 11.1. The number of carboxylic acids is 1. The minimum absolute atomic E-state index is 0.553. The number of hydrogen-bond donors (Lipinski definition) is 3. The predicted molar refractivity (Wildman–Crippen MR) is 63.8 cm³/mol. The number of aromatic amines is 1. The zero-order chi connectivity index (χ0) is 12.3. The van der Waals surface area contributed by atoms with Crippen LogP contribution in [0.15, 0.2) is 18.6 Å². The van der Waals surface area contributed by atoms with Gasteiger partial charge in [0.25, 0.3) is 0 Å². The van der Waals surface area contributed by atoms with E-state index in [0.29, 0.717) is 17.9 Å². The van der Waals surface area contributed by atoms with Crippen molar-refractivity contribution in [1.29, 1.82) is 0 Å². The third kappa shape index (κ3) is 2.35. The molecule has 0 aliphatic rings. The molecule has 2 heterocycles. The number of fused-ring (bicyclic) bond motifs is 1. The minimum atomic E-state index is -0.867. The number of carboxylic acid groups (broad SMARTS) is 1. The summed E-state index contributed by atoms with van der Waals surface area (Å²) in [6.45, 7) is 1.95. The van der Waals surface area contributed by atoms with Crippen molar-refractivity contribution in [2.45, 2.75) is 25.8 Å². The van der Waals surface area contributed by atoms with Gasteiger partial charge >= 0.3 is 5.97 Å². The van der Waals surface area contributed by atoms with Crippen LogP contribution in [-0.4, -0.2) is 32.1 Å². The normalized spacial score (nSPS) is 12.5. The quantitative estimate of drug-likeness (QED) is 0.731. The summed E-state index contributed by atoms with van der Waals surface area (Å²) in [5, 5.41) is 12.8. The largest absolute Gasteiger partial charge is 0.480 e. The number of carbonyl (C=O) groups is 1. The van der Waals surface area contributed by atoms with E-state index in [1.807, 2.05) is 13.0 Å². The monoisotopic (exact) mass is 234 g/mol. The van der Waals surface area contributed by atoms with Crippen molar-refractivity contribution in [2.24, 2.45) is 0 Å². The van der Waals surface area contributed by atoms with Gasteiger partial charge in [0.05, 0.1) is 5.39 Å². The molecule has 0 aliphatic heterocycles. The molecule has 0 radical (unpaired) electrons. The molecule has 6 nitrogen and oxygen atoms in total. The SMILES string of the molecule is CCC[C@@H](Nc1ncnc2[nH]ccc12)C(=O)O. The van der Waals surface area contributed by atoms with Gasteiger partial charge in [-0.05, 0) is 12.5 Å². The van der Waals surface area contributed by atoms with E-state index in [9.17, 15) is 4.79 Å². The fraction of sp³-hybridized carbons (Fsp3) is 0.364. The number of H-pyrrole nitrogens is 1. The molecule has 0 unspecified atom stereocenters. The number of rotatable bonds is 5. The van der Waals surface area contributed by atoms with Gasteiger partial charge in [0, 0.05) is 6.20 Å². The first-order chi connectivity index (χ1) is 8.22. The van der Waals surface area contributed by atoms with Crippen LogP contribution >= 0.6 is 0 Å². The zero-order valence-corrected chi connectivity index (χ0v) is 9.47. The average molecular weight is 234 g/mol. The first kappa shape index (κ1) is 11.4. The zero-order valence-electron chi connectivity index (χ0n) is 9.47. The number of hydrogen-bond acceptors (Lipinski definition) is 4. The summed E-state index contributed by atoms with van der Waals surface area (Å²) in [4.78, 5) is 22.1. The maximum Gasteiger partial charge on any atom is 0.326 e. The Morgan fingerprint density at radius 1 is 1.59 bits per heavy atom. The standard InChI is InChI=1S/C11H14N4O2/c1-2-3-8(11(16)17)15-10-7-4-5-12-9(7)13-6-14-10/h4-6,8H,2-3H2,1H3,(H,16,17)(H2,12,13,14,15)/t8-/m1/s1. The second-order valence-electron chi connectivity index (χ2n) is 3.79. The van der Waals surface area contributed by atoms with E-state index in [1.54, 1.807) is 6.20 Å². The second kappa shape index (κ2) is 4.82. The molecule has 6 heteroatoms. The summed E-state index contributed by atoms with van der Waals surface area (Å²) in [5.74, 6) is -0.314. The average Bonchev–Trinajstić information content (AvgIpc) is 2.77. The molecular weight excluding hydrogens is 220 g/mol. The third-order valence-electron chi connectivity index (χ3n) is 2.54. The van der Waals surface area contributed by atoms with Gasteiger partial charge in [-0.2, -0.15) is 0 Å². The Labute approximate surface area is 98.1 Å². The first-order valence-electron chi connectivity index (χ1n) is 5.49. The lowest BCUT2D eigenvalue weighted by molar-refractivity contribution is -0.138. The van der Waals surface area contributed by atoms with Gasteiger partial charge in [-0.3, -0.25) is 0 Å². The maximum atomic E-state index is 11.1. The Bertz CT molecular complexity index is 523. The van der Waals surface area contributed by atoms with Crippen LogP contribution in [0.2, 0.25) is 0 Å². The molecule has 0 saturated heterocycles. The Kier molecular flexibility index (Phi) is 3.22. The molecule has 0 bridgehead atoms. The summed E-state index contributed by atoms with van der Waals surface area (Å²) >= 11 is 0. The number of nitrogens with one attached hydrogen (secondary N) is 2. The van der Waals surface area contributed by atoms with Gasteiger partial charge in [0.15, 0.2) is 0 Å². The molecule has 0 aromatic carbocycles. The molecule has 2 aromatic rings. The highest BCUT2D eigenvalue weighted by atomic mass is 16.4. The van der Waals surface area contributed by atoms with E-state index in [4.69, 9.17) is 5.11 Å². The van der Waals surface area contributed by atoms with Crippen molar-refractivity contribution >= 4 is 22.8 Å². The summed E-state index contributed by atoms with van der Waals surface area (Å²) < 4.78 is 0. The molecule has 0 fully saturated rings. The van der Waals surface area contributed by atoms with E-state index in [0.717, 1.165) is 11.8 Å². The van der Waals surface area contributed by atoms with Crippen LogP contribution in [-0.2, 0) is 4.79 Å². The predicted octanol–water partition coefficient (Wildman–Crippen LogP) is 1.62. The highest BCUT2D eigenvalue weighted by molar-refractivity contribution is 5.88. The molecule has 0 amide bonds. The summed E-state index contributed by atoms with van der Waals surface area (Å²) in [6.07, 6.45) is 4.52. The number of nitrogens with zero attached hydrogens (tertiary/aromatic N) is 2. The molecule has 3 N–H and O–H groups in total. The Balaban J connectivity index is 2.27. The highest BCUT2D eigenvalue weighted by Crippen LogP contribution is 2.19. The van der Waals surface area contributed by atoms with Crippen LogP contribution < -0.4 is 5.32 Å². The number of aromatic nitrogens is 3. The minimum Gasteiger partial charge on any atom is -0.480 e. The summed E-state index contributed by atoms with van der Waals surface area (Å²) in [5.41, 5.74) is 0.697. The molecule has 1 atom stereocenters. The lowest BCUT2D eigenvalue weighted by atomic mass is 10.1. The lowest BCUT2D eigenvalue weighted by Crippen LogP contribution is -2.29. The summed E-state index contributed by atoms with van der Waals surface area (Å²) in [7, 11) is 0. The van der Waals surface area contributed by atoms with E-state index < -0.39 is 12.0 Å². The van der Waals surface area contributed by atoms with Gasteiger partial charge in [-0.15, -0.1) is 0 Å². The van der Waals surface area contributed by atoms with E-state index in [2.05, 4.69) is 20.3 Å². The molecule has 2 rings (SSSR count). The van der Waals surface area contributed by atoms with Crippen LogP contribution in [0.5, 0.6) is 0 Å². The molecule has 0 saturated carbocycles. The number of anilines is 1. The van der Waals surface area contributed by atoms with Crippen LogP contribution in [0, 0.1) is 0 Å². The van der Waals surface area contributed by atoms with Crippen molar-refractivity contribution in [3.05, 3.63) is 18.6 Å². The van der Waals surface area contributed by atoms with Crippen LogP contribution in [0.3, 0.4) is 0 Å². The smallest absolute Gasteiger partial charge is 0.326 e. The molecule has 2 aromatic heterocycles. The van der Waals surface area contributed by atoms with Gasteiger partial charge in [0.1, 0.15) is 23.8 Å². The topological polar surface area (TPSA) is 90.9 Å². The van der Waals surface area contributed by atoms with Gasteiger partial charge in [-0.25, -0.2) is 14.8 Å². The lowest BCUT2D eigenvalue weighted by Gasteiger charge is -2.14. The van der Waals surface area contributed by atoms with Crippen molar-refractivity contribution in [2.75, 3.05) is 5.32 Å². The van der Waals surface area contributed by atoms with Crippen molar-refractivity contribution < 1.29 is 9.90 Å². The summed E-state index contributed by atoms with van der Waals surface area (Å²) in [6, 6.07) is 1.20. The Morgan fingerprint density at radius 3 is 3.12 bits per heavy atom. The van der Waals surface area contributed by atoms with Crippen molar-refractivity contribution in [3.8, 4) is 0 Å². The molecule has 90 valence electrons. The van der Waals surface area contributed by atoms with E-state index in [-0.39, 0.29) is 0 Å².